The normalized spacial score (nSPS) is 12.8. The van der Waals surface area contributed by atoms with Crippen molar-refractivity contribution in [2.75, 3.05) is 0 Å². The lowest BCUT2D eigenvalue weighted by molar-refractivity contribution is 0.475. The number of benzene rings is 4. The monoisotopic (exact) mass is 1300 g/mol. The molecule has 6 N–H and O–H groups in total. The number of aromatic hydroxyl groups is 4. The van der Waals surface area contributed by atoms with E-state index in [1.165, 1.54) is 0 Å². The number of hydrogen-bond donors (Lipinski definition) is 6. The summed E-state index contributed by atoms with van der Waals surface area (Å²) in [4.78, 5) is 18.2. The second-order valence-electron chi connectivity index (χ2n) is 13.6. The van der Waals surface area contributed by atoms with Crippen LogP contribution in [0.2, 0.25) is 0 Å². The number of nitrogens with one attached hydrogen (secondary N) is 2. The van der Waals surface area contributed by atoms with E-state index in [9.17, 15) is 20.4 Å². The van der Waals surface area contributed by atoms with E-state index >= 15 is 0 Å². The molecule has 8 nitrogen and oxygen atoms in total. The van der Waals surface area contributed by atoms with Gasteiger partial charge in [0, 0.05) is 22.3 Å². The van der Waals surface area contributed by atoms with Gasteiger partial charge in [0.05, 0.1) is 80.7 Å². The molecule has 5 heterocycles. The lowest BCUT2D eigenvalue weighted by Crippen LogP contribution is -1.91. The van der Waals surface area contributed by atoms with Crippen molar-refractivity contribution in [1.29, 1.82) is 0 Å². The van der Waals surface area contributed by atoms with E-state index in [4.69, 9.17) is 9.97 Å². The van der Waals surface area contributed by atoms with Crippen LogP contribution in [0.1, 0.15) is 22.8 Å². The lowest BCUT2D eigenvalue weighted by Gasteiger charge is -2.08. The number of halogens is 8. The molecule has 8 bridgehead atoms. The molecule has 0 aliphatic carbocycles. The number of rotatable bonds is 4. The zero-order valence-electron chi connectivity index (χ0n) is 29.9. The molecule has 16 heteroatoms. The van der Waals surface area contributed by atoms with Gasteiger partial charge >= 0.3 is 0 Å². The number of H-pyrrole nitrogens is 2. The van der Waals surface area contributed by atoms with Crippen molar-refractivity contribution in [3.05, 3.63) is 138 Å². The summed E-state index contributed by atoms with van der Waals surface area (Å²) in [5, 5.41) is 43.5. The number of aromatic amines is 2. The molecule has 0 amide bonds. The van der Waals surface area contributed by atoms with Crippen LogP contribution in [-0.2, 0) is 0 Å². The van der Waals surface area contributed by atoms with Crippen molar-refractivity contribution in [1.82, 2.24) is 19.9 Å². The molecule has 0 spiro atoms. The van der Waals surface area contributed by atoms with Crippen LogP contribution in [0, 0.1) is 0 Å². The highest BCUT2D eigenvalue weighted by Gasteiger charge is 2.31. The van der Waals surface area contributed by atoms with Crippen LogP contribution in [0.25, 0.3) is 84.5 Å². The molecule has 3 aromatic heterocycles. The summed E-state index contributed by atoms with van der Waals surface area (Å²) in [6.45, 7) is 0. The quantitative estimate of drug-likeness (QED) is 0.104. The van der Waals surface area contributed by atoms with E-state index in [0.29, 0.717) is 125 Å². The number of nitrogens with zero attached hydrogens (tertiary/aromatic N) is 2. The van der Waals surface area contributed by atoms with E-state index in [-0.39, 0.29) is 23.0 Å². The summed E-state index contributed by atoms with van der Waals surface area (Å²) < 4.78 is 5.09. The molecule has 0 atom stereocenters. The summed E-state index contributed by atoms with van der Waals surface area (Å²) in [6.07, 6.45) is 0. The summed E-state index contributed by atoms with van der Waals surface area (Å²) >= 11 is 31.3. The molecule has 7 aromatic rings. The Balaban J connectivity index is 1.64. The first-order chi connectivity index (χ1) is 28.7. The van der Waals surface area contributed by atoms with Crippen LogP contribution in [0.15, 0.2) is 115 Å². The molecule has 0 saturated heterocycles. The maximum Gasteiger partial charge on any atom is 0.116 e. The number of fused-ring (bicyclic) bond motifs is 8. The minimum atomic E-state index is 0.0592. The van der Waals surface area contributed by atoms with Gasteiger partial charge in [-0.3, -0.25) is 0 Å². The fraction of sp³-hybridized carbons (Fsp3) is 0. The first-order valence-corrected chi connectivity index (χ1v) is 23.9. The topological polar surface area (TPSA) is 138 Å². The molecular formula is C44H22Br8N4O4. The molecule has 2 aliphatic heterocycles. The molecule has 0 radical (unpaired) electrons. The fourth-order valence-corrected chi connectivity index (χ4v) is 11.2. The molecule has 60 heavy (non-hydrogen) atoms. The van der Waals surface area contributed by atoms with E-state index in [1.807, 2.05) is 24.3 Å². The molecule has 9 rings (SSSR count). The van der Waals surface area contributed by atoms with Crippen molar-refractivity contribution < 1.29 is 20.4 Å². The number of hydrogen-bond acceptors (Lipinski definition) is 6. The van der Waals surface area contributed by atoms with E-state index in [2.05, 4.69) is 137 Å². The zero-order valence-corrected chi connectivity index (χ0v) is 42.6. The molecule has 298 valence electrons. The van der Waals surface area contributed by atoms with Gasteiger partial charge in [0.1, 0.15) is 23.0 Å². The van der Waals surface area contributed by atoms with Crippen LogP contribution in [0.4, 0.5) is 0 Å². The van der Waals surface area contributed by atoms with Crippen molar-refractivity contribution in [2.24, 2.45) is 0 Å². The summed E-state index contributed by atoms with van der Waals surface area (Å²) in [5.41, 5.74) is 9.70. The van der Waals surface area contributed by atoms with Crippen LogP contribution in [-0.4, -0.2) is 40.4 Å². The highest BCUT2D eigenvalue weighted by atomic mass is 79.9. The first kappa shape index (κ1) is 41.9. The van der Waals surface area contributed by atoms with E-state index in [1.54, 1.807) is 72.8 Å². The average Bonchev–Trinajstić information content (AvgIpc) is 3.87. The van der Waals surface area contributed by atoms with Crippen LogP contribution in [0.3, 0.4) is 0 Å². The highest BCUT2D eigenvalue weighted by molar-refractivity contribution is 9.18. The number of phenolic OH excluding ortho intramolecular Hbond substituents is 4. The van der Waals surface area contributed by atoms with Gasteiger partial charge in [0.25, 0.3) is 0 Å². The Hall–Kier alpha value is -3.48. The van der Waals surface area contributed by atoms with Gasteiger partial charge in [0.2, 0.25) is 0 Å². The predicted octanol–water partition coefficient (Wildman–Crippen LogP) is 16.1. The molecule has 0 fully saturated rings. The Morgan fingerprint density at radius 3 is 0.750 bits per heavy atom. The standard InChI is InChI=1S/C44H22Br8N4O4/c45-29-31(47)39-26(18-6-2-10-22(58)14-18)41-33(49)35(51)43(55-41)28(20-8-4-12-24(60)16-20)44-36(52)34(50)42(56-44)27(19-7-3-11-23(59)15-19)40-32(48)30(46)38(54-40)25(37(29)53-39)17-5-1-9-21(57)13-17/h1-16,53,56-60H. The number of phenols is 4. The third kappa shape index (κ3) is 7.08. The minimum Gasteiger partial charge on any atom is -0.508 e. The van der Waals surface area contributed by atoms with Gasteiger partial charge in [-0.2, -0.15) is 0 Å². The smallest absolute Gasteiger partial charge is 0.116 e. The Morgan fingerprint density at radius 2 is 0.550 bits per heavy atom. The Labute approximate surface area is 408 Å². The zero-order chi connectivity index (χ0) is 42.3. The fourth-order valence-electron chi connectivity index (χ4n) is 7.34. The average molecular weight is 1310 g/mol. The van der Waals surface area contributed by atoms with E-state index < -0.39 is 0 Å². The van der Waals surface area contributed by atoms with Crippen LogP contribution < -0.4 is 0 Å². The highest BCUT2D eigenvalue weighted by Crippen LogP contribution is 2.53. The third-order valence-corrected chi connectivity index (χ3v) is 18.3. The van der Waals surface area contributed by atoms with Gasteiger partial charge in [-0.1, -0.05) is 48.5 Å². The maximum atomic E-state index is 10.9. The Kier molecular flexibility index (Phi) is 11.4. The summed E-state index contributed by atoms with van der Waals surface area (Å²) in [5.74, 6) is 0.237. The van der Waals surface area contributed by atoms with Crippen molar-refractivity contribution in [3.63, 3.8) is 0 Å². The van der Waals surface area contributed by atoms with Crippen molar-refractivity contribution >= 4 is 167 Å². The maximum absolute atomic E-state index is 10.9. The second-order valence-corrected chi connectivity index (χ2v) is 19.9. The minimum absolute atomic E-state index is 0.0592. The van der Waals surface area contributed by atoms with Crippen molar-refractivity contribution in [2.45, 2.75) is 0 Å². The third-order valence-electron chi connectivity index (χ3n) is 9.91. The van der Waals surface area contributed by atoms with Crippen LogP contribution in [0.5, 0.6) is 23.0 Å². The SMILES string of the molecule is Oc1cccc(-c2c3nc(c(-c4cccc(O)c4)c4[nH]c(c(Br)c4Br)c(-c4cccc(O)c4)c4nc(c(-c5cccc(O)c5)c5[nH]c2c(Br)c5Br)C(Br)=C4Br)C(Br)=C3Br)c1. The van der Waals surface area contributed by atoms with Crippen LogP contribution >= 0.6 is 127 Å². The molecule has 4 aromatic carbocycles. The Morgan fingerprint density at radius 1 is 0.333 bits per heavy atom. The largest absolute Gasteiger partial charge is 0.508 e. The second kappa shape index (κ2) is 16.3. The van der Waals surface area contributed by atoms with Gasteiger partial charge in [-0.15, -0.1) is 0 Å². The number of aromatic nitrogens is 4. The van der Waals surface area contributed by atoms with Gasteiger partial charge in [-0.25, -0.2) is 9.97 Å². The van der Waals surface area contributed by atoms with Gasteiger partial charge < -0.3 is 30.4 Å². The van der Waals surface area contributed by atoms with Crippen molar-refractivity contribution in [3.8, 4) is 67.5 Å². The molecule has 0 unspecified atom stereocenters. The summed E-state index contributed by atoms with van der Waals surface area (Å²) in [6, 6.07) is 27.8. The molecule has 2 aliphatic rings. The summed E-state index contributed by atoms with van der Waals surface area (Å²) in [7, 11) is 0. The van der Waals surface area contributed by atoms with Gasteiger partial charge in [0.15, 0.2) is 0 Å². The Bertz CT molecular complexity index is 2840. The lowest BCUT2D eigenvalue weighted by atomic mass is 10.0. The molecule has 0 saturated carbocycles. The molecular weight excluding hydrogens is 1290 g/mol. The van der Waals surface area contributed by atoms with Gasteiger partial charge in [-0.05, 0) is 198 Å². The predicted molar refractivity (Wildman–Crippen MR) is 270 cm³/mol. The first-order valence-electron chi connectivity index (χ1n) is 17.6. The van der Waals surface area contributed by atoms with E-state index in [0.717, 1.165) is 0 Å².